The fraction of sp³-hybridized carbons (Fsp3) is 0.900. The molecule has 1 aliphatic rings. The predicted octanol–water partition coefficient (Wildman–Crippen LogP) is 0.307. The van der Waals surface area contributed by atoms with Gasteiger partial charge in [0.15, 0.2) is 0 Å². The van der Waals surface area contributed by atoms with Gasteiger partial charge in [-0.05, 0) is 12.8 Å². The van der Waals surface area contributed by atoms with Crippen LogP contribution in [0, 0.1) is 5.92 Å². The van der Waals surface area contributed by atoms with Crippen LogP contribution >= 0.6 is 0 Å². The number of hydrogen-bond donors (Lipinski definition) is 2. The van der Waals surface area contributed by atoms with Crippen LogP contribution in [0.25, 0.3) is 0 Å². The third-order valence-electron chi connectivity index (χ3n) is 3.13. The molecule has 0 amide bonds. The van der Waals surface area contributed by atoms with Gasteiger partial charge in [0.1, 0.15) is 12.1 Å². The molecule has 0 bridgehead atoms. The Hall–Kier alpha value is -0.610. The van der Waals surface area contributed by atoms with Crippen molar-refractivity contribution in [1.29, 1.82) is 0 Å². The van der Waals surface area contributed by atoms with E-state index in [-0.39, 0.29) is 6.04 Å². The maximum absolute atomic E-state index is 10.9. The summed E-state index contributed by atoms with van der Waals surface area (Å²) in [6.45, 7) is 0. The zero-order valence-electron chi connectivity index (χ0n) is 9.10. The van der Waals surface area contributed by atoms with Gasteiger partial charge in [0.25, 0.3) is 0 Å². The summed E-state index contributed by atoms with van der Waals surface area (Å²) in [5, 5.41) is 18.9. The number of rotatable bonds is 2. The van der Waals surface area contributed by atoms with Crippen LogP contribution in [-0.2, 0) is 4.79 Å². The normalized spacial score (nSPS) is 34.1. The Morgan fingerprint density at radius 2 is 1.86 bits per heavy atom. The average Bonchev–Trinajstić information content (AvgIpc) is 2.01. The van der Waals surface area contributed by atoms with Gasteiger partial charge in [-0.25, -0.2) is 0 Å². The molecule has 1 fully saturated rings. The smallest absolute Gasteiger partial charge is 0.309 e. The van der Waals surface area contributed by atoms with Crippen LogP contribution in [0.1, 0.15) is 19.3 Å². The number of nitrogens with zero attached hydrogens (tertiary/aromatic N) is 1. The predicted molar refractivity (Wildman–Crippen MR) is 52.8 cm³/mol. The molecule has 4 heteroatoms. The van der Waals surface area contributed by atoms with Gasteiger partial charge < -0.3 is 14.7 Å². The highest BCUT2D eigenvalue weighted by Crippen LogP contribution is 2.29. The van der Waals surface area contributed by atoms with Crippen molar-refractivity contribution in [3.8, 4) is 0 Å². The van der Waals surface area contributed by atoms with Crippen LogP contribution in [0.5, 0.6) is 0 Å². The number of quaternary nitrogens is 1. The minimum absolute atomic E-state index is 0.0462. The summed E-state index contributed by atoms with van der Waals surface area (Å²) in [4.78, 5) is 10.9. The van der Waals surface area contributed by atoms with Gasteiger partial charge in [-0.2, -0.15) is 0 Å². The minimum Gasteiger partial charge on any atom is -0.481 e. The second kappa shape index (κ2) is 3.87. The molecule has 4 nitrogen and oxygen atoms in total. The molecule has 1 aliphatic carbocycles. The van der Waals surface area contributed by atoms with E-state index in [0.29, 0.717) is 10.9 Å². The topological polar surface area (TPSA) is 57.5 Å². The van der Waals surface area contributed by atoms with Crippen LogP contribution in [-0.4, -0.2) is 54.0 Å². The first-order valence-corrected chi connectivity index (χ1v) is 5.06. The van der Waals surface area contributed by atoms with Crippen molar-refractivity contribution in [1.82, 2.24) is 0 Å². The summed E-state index contributed by atoms with van der Waals surface area (Å²) in [7, 11) is 5.99. The highest BCUT2D eigenvalue weighted by atomic mass is 16.4. The number of likely N-dealkylation sites (N-methyl/N-ethyl adjacent to an activating group) is 1. The van der Waals surface area contributed by atoms with E-state index in [9.17, 15) is 9.90 Å². The number of carbonyl (C=O) groups is 1. The van der Waals surface area contributed by atoms with Crippen molar-refractivity contribution in [3.05, 3.63) is 0 Å². The van der Waals surface area contributed by atoms with E-state index < -0.39 is 18.0 Å². The van der Waals surface area contributed by atoms with Crippen LogP contribution < -0.4 is 0 Å². The van der Waals surface area contributed by atoms with Crippen LogP contribution in [0.15, 0.2) is 0 Å². The summed E-state index contributed by atoms with van der Waals surface area (Å²) in [5.74, 6) is -1.44. The molecular weight excluding hydrogens is 182 g/mol. The Morgan fingerprint density at radius 3 is 2.29 bits per heavy atom. The second-order valence-electron chi connectivity index (χ2n) is 5.05. The summed E-state index contributed by atoms with van der Waals surface area (Å²) < 4.78 is 0.630. The average molecular weight is 202 g/mol. The van der Waals surface area contributed by atoms with Gasteiger partial charge in [0, 0.05) is 6.42 Å². The van der Waals surface area contributed by atoms with E-state index in [1.807, 2.05) is 21.1 Å². The Bertz CT molecular complexity index is 222. The van der Waals surface area contributed by atoms with Gasteiger partial charge in [-0.1, -0.05) is 0 Å². The minimum atomic E-state index is -0.865. The Balaban J connectivity index is 2.76. The second-order valence-corrected chi connectivity index (χ2v) is 5.05. The zero-order valence-corrected chi connectivity index (χ0v) is 9.10. The Labute approximate surface area is 84.7 Å². The van der Waals surface area contributed by atoms with Crippen molar-refractivity contribution in [2.45, 2.75) is 31.4 Å². The standard InChI is InChI=1S/C10H19NO3/c1-11(2,3)8-6-4-5-7(9(8)12)10(13)14/h7-9,12H,4-6H2,1-3H3/p+1/t7-,8+,9-/m0/s1. The van der Waals surface area contributed by atoms with Crippen molar-refractivity contribution >= 4 is 5.97 Å². The quantitative estimate of drug-likeness (QED) is 0.633. The molecule has 1 saturated carbocycles. The summed E-state index contributed by atoms with van der Waals surface area (Å²) in [6.07, 6.45) is 1.71. The van der Waals surface area contributed by atoms with Crippen LogP contribution in [0.4, 0.5) is 0 Å². The Morgan fingerprint density at radius 1 is 1.29 bits per heavy atom. The third-order valence-corrected chi connectivity index (χ3v) is 3.13. The molecule has 0 aromatic heterocycles. The van der Waals surface area contributed by atoms with E-state index in [1.165, 1.54) is 0 Å². The number of aliphatic hydroxyl groups is 1. The molecule has 0 radical (unpaired) electrons. The lowest BCUT2D eigenvalue weighted by molar-refractivity contribution is -0.901. The van der Waals surface area contributed by atoms with Gasteiger partial charge in [-0.15, -0.1) is 0 Å². The Kier molecular flexibility index (Phi) is 3.17. The molecule has 14 heavy (non-hydrogen) atoms. The SMILES string of the molecule is C[N+](C)(C)[C@@H]1CCC[C@H](C(=O)O)[C@@H]1O. The first-order chi connectivity index (χ1) is 6.34. The highest BCUT2D eigenvalue weighted by molar-refractivity contribution is 5.70. The number of carboxylic acid groups (broad SMARTS) is 1. The molecule has 0 unspecified atom stereocenters. The fourth-order valence-corrected chi connectivity index (χ4v) is 2.27. The lowest BCUT2D eigenvalue weighted by Gasteiger charge is -2.41. The highest BCUT2D eigenvalue weighted by Gasteiger charge is 2.42. The number of hydrogen-bond acceptors (Lipinski definition) is 2. The molecule has 82 valence electrons. The fourth-order valence-electron chi connectivity index (χ4n) is 2.27. The molecule has 3 atom stereocenters. The third kappa shape index (κ3) is 2.25. The van der Waals surface area contributed by atoms with Crippen molar-refractivity contribution in [3.63, 3.8) is 0 Å². The molecule has 1 rings (SSSR count). The van der Waals surface area contributed by atoms with E-state index in [0.717, 1.165) is 12.8 Å². The number of aliphatic carboxylic acids is 1. The summed E-state index contributed by atoms with van der Waals surface area (Å²) in [6, 6.07) is 0.0462. The molecule has 0 aromatic carbocycles. The first-order valence-electron chi connectivity index (χ1n) is 5.06. The number of aliphatic hydroxyl groups excluding tert-OH is 1. The maximum atomic E-state index is 10.9. The van der Waals surface area contributed by atoms with Gasteiger partial charge in [-0.3, -0.25) is 4.79 Å². The lowest BCUT2D eigenvalue weighted by Crippen LogP contribution is -2.56. The van der Waals surface area contributed by atoms with Crippen molar-refractivity contribution in [2.24, 2.45) is 5.92 Å². The molecule has 2 N–H and O–H groups in total. The van der Waals surface area contributed by atoms with Crippen LogP contribution in [0.3, 0.4) is 0 Å². The van der Waals surface area contributed by atoms with Crippen molar-refractivity contribution in [2.75, 3.05) is 21.1 Å². The first kappa shape index (κ1) is 11.5. The number of carboxylic acids is 1. The van der Waals surface area contributed by atoms with Gasteiger partial charge in [0.05, 0.1) is 27.1 Å². The van der Waals surface area contributed by atoms with E-state index in [4.69, 9.17) is 5.11 Å². The van der Waals surface area contributed by atoms with Crippen molar-refractivity contribution < 1.29 is 19.5 Å². The molecule has 0 aliphatic heterocycles. The molecule has 0 spiro atoms. The van der Waals surface area contributed by atoms with E-state index in [2.05, 4.69) is 0 Å². The summed E-state index contributed by atoms with van der Waals surface area (Å²) >= 11 is 0. The molecular formula is C10H20NO3+. The molecule has 0 heterocycles. The lowest BCUT2D eigenvalue weighted by atomic mass is 9.82. The largest absolute Gasteiger partial charge is 0.481 e. The van der Waals surface area contributed by atoms with Gasteiger partial charge in [0.2, 0.25) is 0 Å². The summed E-state index contributed by atoms with van der Waals surface area (Å²) in [5.41, 5.74) is 0. The van der Waals surface area contributed by atoms with Gasteiger partial charge >= 0.3 is 5.97 Å². The van der Waals surface area contributed by atoms with E-state index >= 15 is 0 Å². The monoisotopic (exact) mass is 202 g/mol. The zero-order chi connectivity index (χ0) is 10.9. The van der Waals surface area contributed by atoms with Crippen LogP contribution in [0.2, 0.25) is 0 Å². The maximum Gasteiger partial charge on any atom is 0.309 e. The molecule has 0 saturated heterocycles. The molecule has 0 aromatic rings. The van der Waals surface area contributed by atoms with E-state index in [1.54, 1.807) is 0 Å².